The molecule has 0 atom stereocenters. The Morgan fingerprint density at radius 1 is 1.33 bits per heavy atom. The van der Waals surface area contributed by atoms with E-state index in [1.807, 2.05) is 0 Å². The summed E-state index contributed by atoms with van der Waals surface area (Å²) in [6.07, 6.45) is 4.28. The highest BCUT2D eigenvalue weighted by Gasteiger charge is 2.19. The molecule has 2 rings (SSSR count). The van der Waals surface area contributed by atoms with Gasteiger partial charge in [-0.3, -0.25) is 0 Å². The van der Waals surface area contributed by atoms with Crippen molar-refractivity contribution in [2.75, 3.05) is 20.1 Å². The van der Waals surface area contributed by atoms with Gasteiger partial charge in [0, 0.05) is 24.1 Å². The first kappa shape index (κ1) is 17.0. The highest BCUT2D eigenvalue weighted by Crippen LogP contribution is 2.28. The van der Waals surface area contributed by atoms with Gasteiger partial charge in [-0.25, -0.2) is 0 Å². The number of hydrogen-bond acceptors (Lipinski definition) is 2. The van der Waals surface area contributed by atoms with Gasteiger partial charge in [0.25, 0.3) is 0 Å². The molecule has 0 unspecified atom stereocenters. The van der Waals surface area contributed by atoms with E-state index in [2.05, 4.69) is 65.2 Å². The third-order valence-corrected chi connectivity index (χ3v) is 4.97. The standard InChI is InChI=1S/C18H29BrN2/c1-14(2)10-20-11-16-7-8-17(18(19)9-16)13-21(3)12-15-5-4-6-15/h7-9,14-15,20H,4-6,10-13H2,1-3H3. The predicted octanol–water partition coefficient (Wildman–Crippen LogP) is 4.43. The van der Waals surface area contributed by atoms with Crippen molar-refractivity contribution in [3.63, 3.8) is 0 Å². The van der Waals surface area contributed by atoms with Gasteiger partial charge in [-0.05, 0) is 55.5 Å². The Hall–Kier alpha value is -0.380. The van der Waals surface area contributed by atoms with E-state index >= 15 is 0 Å². The van der Waals surface area contributed by atoms with Gasteiger partial charge >= 0.3 is 0 Å². The summed E-state index contributed by atoms with van der Waals surface area (Å²) in [4.78, 5) is 2.46. The van der Waals surface area contributed by atoms with Crippen LogP contribution in [0.4, 0.5) is 0 Å². The maximum Gasteiger partial charge on any atom is 0.0242 e. The van der Waals surface area contributed by atoms with Crippen LogP contribution in [0.5, 0.6) is 0 Å². The Kier molecular flexibility index (Phi) is 6.72. The first-order valence-corrected chi connectivity index (χ1v) is 9.00. The minimum Gasteiger partial charge on any atom is -0.312 e. The molecule has 3 heteroatoms. The first-order chi connectivity index (χ1) is 10.0. The summed E-state index contributed by atoms with van der Waals surface area (Å²) in [6.45, 7) is 8.79. The molecule has 118 valence electrons. The number of nitrogens with one attached hydrogen (secondary N) is 1. The van der Waals surface area contributed by atoms with Crippen molar-refractivity contribution in [1.29, 1.82) is 0 Å². The van der Waals surface area contributed by atoms with Gasteiger partial charge in [-0.15, -0.1) is 0 Å². The number of nitrogens with zero attached hydrogens (tertiary/aromatic N) is 1. The molecule has 0 aromatic heterocycles. The monoisotopic (exact) mass is 352 g/mol. The zero-order chi connectivity index (χ0) is 15.2. The lowest BCUT2D eigenvalue weighted by molar-refractivity contribution is 0.200. The molecule has 0 bridgehead atoms. The van der Waals surface area contributed by atoms with E-state index in [0.29, 0.717) is 5.92 Å². The van der Waals surface area contributed by atoms with E-state index in [0.717, 1.165) is 25.6 Å². The molecule has 0 spiro atoms. The fraction of sp³-hybridized carbons (Fsp3) is 0.667. The highest BCUT2D eigenvalue weighted by atomic mass is 79.9. The van der Waals surface area contributed by atoms with Crippen molar-refractivity contribution >= 4 is 15.9 Å². The number of hydrogen-bond donors (Lipinski definition) is 1. The van der Waals surface area contributed by atoms with Crippen LogP contribution in [0.1, 0.15) is 44.2 Å². The van der Waals surface area contributed by atoms with Crippen molar-refractivity contribution in [2.24, 2.45) is 11.8 Å². The molecular formula is C18H29BrN2. The minimum atomic E-state index is 0.702. The van der Waals surface area contributed by atoms with Crippen LogP contribution in [0, 0.1) is 11.8 Å². The van der Waals surface area contributed by atoms with E-state index < -0.39 is 0 Å². The molecule has 1 saturated carbocycles. The van der Waals surface area contributed by atoms with Gasteiger partial charge in [0.05, 0.1) is 0 Å². The number of rotatable bonds is 8. The average molecular weight is 353 g/mol. The van der Waals surface area contributed by atoms with Crippen molar-refractivity contribution in [3.05, 3.63) is 33.8 Å². The van der Waals surface area contributed by atoms with E-state index in [1.165, 1.54) is 41.4 Å². The molecule has 0 radical (unpaired) electrons. The topological polar surface area (TPSA) is 15.3 Å². The van der Waals surface area contributed by atoms with E-state index in [-0.39, 0.29) is 0 Å². The fourth-order valence-corrected chi connectivity index (χ4v) is 3.36. The Morgan fingerprint density at radius 2 is 2.10 bits per heavy atom. The van der Waals surface area contributed by atoms with Crippen LogP contribution in [0.15, 0.2) is 22.7 Å². The summed E-state index contributed by atoms with van der Waals surface area (Å²) in [6, 6.07) is 6.79. The highest BCUT2D eigenvalue weighted by molar-refractivity contribution is 9.10. The van der Waals surface area contributed by atoms with Crippen LogP contribution in [0.3, 0.4) is 0 Å². The maximum atomic E-state index is 3.74. The van der Waals surface area contributed by atoms with Crippen molar-refractivity contribution < 1.29 is 0 Å². The molecule has 0 saturated heterocycles. The normalized spacial score (nSPS) is 15.7. The molecule has 0 aliphatic heterocycles. The predicted molar refractivity (Wildman–Crippen MR) is 94.4 cm³/mol. The van der Waals surface area contributed by atoms with Crippen LogP contribution in [-0.4, -0.2) is 25.0 Å². The third kappa shape index (κ3) is 5.72. The molecule has 2 nitrogen and oxygen atoms in total. The molecule has 21 heavy (non-hydrogen) atoms. The summed E-state index contributed by atoms with van der Waals surface area (Å²) in [5.74, 6) is 1.64. The number of benzene rings is 1. The molecule has 1 fully saturated rings. The molecule has 1 aliphatic rings. The van der Waals surface area contributed by atoms with Gasteiger partial charge in [-0.1, -0.05) is 48.3 Å². The second-order valence-corrected chi connectivity index (χ2v) is 7.80. The second kappa shape index (κ2) is 8.30. The fourth-order valence-electron chi connectivity index (χ4n) is 2.81. The lowest BCUT2D eigenvalue weighted by Crippen LogP contribution is -2.29. The summed E-state index contributed by atoms with van der Waals surface area (Å²) >= 11 is 3.74. The molecular weight excluding hydrogens is 324 g/mol. The summed E-state index contributed by atoms with van der Waals surface area (Å²) in [5, 5.41) is 3.50. The Morgan fingerprint density at radius 3 is 2.67 bits per heavy atom. The molecule has 1 aliphatic carbocycles. The zero-order valence-corrected chi connectivity index (χ0v) is 15.2. The Balaban J connectivity index is 1.83. The first-order valence-electron chi connectivity index (χ1n) is 8.21. The van der Waals surface area contributed by atoms with E-state index in [4.69, 9.17) is 0 Å². The van der Waals surface area contributed by atoms with Crippen LogP contribution >= 0.6 is 15.9 Å². The molecule has 1 aromatic carbocycles. The van der Waals surface area contributed by atoms with Crippen LogP contribution < -0.4 is 5.32 Å². The van der Waals surface area contributed by atoms with Gasteiger partial charge < -0.3 is 10.2 Å². The summed E-state index contributed by atoms with van der Waals surface area (Å²) < 4.78 is 1.24. The van der Waals surface area contributed by atoms with Crippen molar-refractivity contribution in [3.8, 4) is 0 Å². The average Bonchev–Trinajstić information content (AvgIpc) is 2.37. The van der Waals surface area contributed by atoms with Crippen molar-refractivity contribution in [1.82, 2.24) is 10.2 Å². The second-order valence-electron chi connectivity index (χ2n) is 6.94. The minimum absolute atomic E-state index is 0.702. The Labute approximate surface area is 138 Å². The third-order valence-electron chi connectivity index (χ3n) is 4.23. The van der Waals surface area contributed by atoms with Gasteiger partial charge in [0.2, 0.25) is 0 Å². The lowest BCUT2D eigenvalue weighted by Gasteiger charge is -2.30. The molecule has 1 N–H and O–H groups in total. The SMILES string of the molecule is CC(C)CNCc1ccc(CN(C)CC2CCC2)c(Br)c1. The largest absolute Gasteiger partial charge is 0.312 e. The summed E-state index contributed by atoms with van der Waals surface area (Å²) in [5.41, 5.74) is 2.75. The smallest absolute Gasteiger partial charge is 0.0242 e. The molecule has 0 heterocycles. The van der Waals surface area contributed by atoms with Crippen LogP contribution in [-0.2, 0) is 13.1 Å². The quantitative estimate of drug-likeness (QED) is 0.744. The van der Waals surface area contributed by atoms with E-state index in [1.54, 1.807) is 0 Å². The molecule has 1 aromatic rings. The van der Waals surface area contributed by atoms with Crippen LogP contribution in [0.2, 0.25) is 0 Å². The van der Waals surface area contributed by atoms with Gasteiger partial charge in [-0.2, -0.15) is 0 Å². The number of halogens is 1. The van der Waals surface area contributed by atoms with Gasteiger partial charge in [0.15, 0.2) is 0 Å². The van der Waals surface area contributed by atoms with Gasteiger partial charge in [0.1, 0.15) is 0 Å². The zero-order valence-electron chi connectivity index (χ0n) is 13.7. The maximum absolute atomic E-state index is 3.74. The molecule has 0 amide bonds. The summed E-state index contributed by atoms with van der Waals surface area (Å²) in [7, 11) is 2.24. The Bertz CT molecular complexity index is 441. The lowest BCUT2D eigenvalue weighted by atomic mass is 9.85. The van der Waals surface area contributed by atoms with E-state index in [9.17, 15) is 0 Å². The van der Waals surface area contributed by atoms with Crippen molar-refractivity contribution in [2.45, 2.75) is 46.2 Å². The van der Waals surface area contributed by atoms with Crippen LogP contribution in [0.25, 0.3) is 0 Å².